The molecule has 3 heterocycles. The zero-order chi connectivity index (χ0) is 21.4. The number of imidazole rings is 1. The number of para-hydroxylation sites is 1. The lowest BCUT2D eigenvalue weighted by atomic mass is 10.1. The van der Waals surface area contributed by atoms with Crippen LogP contribution < -0.4 is 4.74 Å². The molecule has 1 aliphatic rings. The molecule has 4 aromatic rings. The zero-order valence-corrected chi connectivity index (χ0v) is 18.5. The highest BCUT2D eigenvalue weighted by Crippen LogP contribution is 2.31. The van der Waals surface area contributed by atoms with Crippen LogP contribution in [0.25, 0.3) is 16.2 Å². The van der Waals surface area contributed by atoms with Crippen molar-refractivity contribution in [1.29, 1.82) is 0 Å². The second kappa shape index (κ2) is 8.19. The fraction of sp³-hybridized carbons (Fsp3) is 0.348. The van der Waals surface area contributed by atoms with Crippen molar-refractivity contribution in [3.8, 4) is 17.0 Å². The minimum Gasteiger partial charge on any atom is -0.496 e. The van der Waals surface area contributed by atoms with E-state index < -0.39 is 0 Å². The summed E-state index contributed by atoms with van der Waals surface area (Å²) in [5.74, 6) is 0.720. The monoisotopic (exact) mass is 435 g/mol. The van der Waals surface area contributed by atoms with Crippen LogP contribution in [0, 0.1) is 0 Å². The minimum absolute atomic E-state index is 0.0411. The number of hydrogen-bond acceptors (Lipinski definition) is 5. The van der Waals surface area contributed by atoms with Crippen LogP contribution in [0.4, 0.5) is 0 Å². The molecule has 0 atom stereocenters. The third-order valence-corrected chi connectivity index (χ3v) is 6.78. The molecule has 8 heteroatoms. The van der Waals surface area contributed by atoms with Crippen molar-refractivity contribution < 1.29 is 9.53 Å². The fourth-order valence-electron chi connectivity index (χ4n) is 4.27. The number of ether oxygens (including phenoxy) is 1. The van der Waals surface area contributed by atoms with Crippen LogP contribution in [-0.2, 0) is 19.4 Å². The number of aryl methyl sites for hydroxylation is 1. The summed E-state index contributed by atoms with van der Waals surface area (Å²) in [4.78, 5) is 20.5. The Morgan fingerprint density at radius 2 is 2.10 bits per heavy atom. The van der Waals surface area contributed by atoms with Crippen molar-refractivity contribution in [2.45, 2.75) is 38.6 Å². The summed E-state index contributed by atoms with van der Waals surface area (Å²) in [5, 5.41) is 9.59. The van der Waals surface area contributed by atoms with Crippen molar-refractivity contribution in [3.63, 3.8) is 0 Å². The van der Waals surface area contributed by atoms with Gasteiger partial charge in [0.1, 0.15) is 11.4 Å². The molecule has 0 bridgehead atoms. The molecule has 1 amide bonds. The van der Waals surface area contributed by atoms with Gasteiger partial charge in [-0.3, -0.25) is 14.3 Å². The maximum absolute atomic E-state index is 13.3. The van der Waals surface area contributed by atoms with Gasteiger partial charge in [-0.05, 0) is 43.4 Å². The van der Waals surface area contributed by atoms with E-state index in [2.05, 4.69) is 10.2 Å². The third kappa shape index (κ3) is 3.61. The first kappa shape index (κ1) is 19.8. The number of thiazole rings is 1. The molecule has 0 saturated carbocycles. The van der Waals surface area contributed by atoms with Crippen molar-refractivity contribution in [2.75, 3.05) is 14.2 Å². The lowest BCUT2D eigenvalue weighted by Gasteiger charge is -2.16. The number of carbonyl (C=O) groups excluding carboxylic acids is 1. The number of aromatic amines is 1. The summed E-state index contributed by atoms with van der Waals surface area (Å²) in [5.41, 5.74) is 5.83. The lowest BCUT2D eigenvalue weighted by molar-refractivity contribution is 0.0776. The first-order valence-corrected chi connectivity index (χ1v) is 11.4. The highest BCUT2D eigenvalue weighted by molar-refractivity contribution is 7.15. The van der Waals surface area contributed by atoms with Gasteiger partial charge >= 0.3 is 0 Å². The van der Waals surface area contributed by atoms with Gasteiger partial charge in [0, 0.05) is 29.9 Å². The first-order valence-electron chi connectivity index (χ1n) is 10.6. The number of fused-ring (bicyclic) bond motifs is 2. The van der Waals surface area contributed by atoms with Crippen molar-refractivity contribution in [1.82, 2.24) is 24.5 Å². The van der Waals surface area contributed by atoms with Crippen molar-refractivity contribution in [3.05, 3.63) is 58.5 Å². The molecule has 3 aromatic heterocycles. The normalized spacial score (nSPS) is 13.7. The molecule has 0 saturated heterocycles. The highest BCUT2D eigenvalue weighted by Gasteiger charge is 2.22. The maximum Gasteiger partial charge on any atom is 0.271 e. The second-order valence-electron chi connectivity index (χ2n) is 7.95. The Morgan fingerprint density at radius 3 is 2.97 bits per heavy atom. The molecule has 160 valence electrons. The molecule has 0 aliphatic heterocycles. The average molecular weight is 436 g/mol. The largest absolute Gasteiger partial charge is 0.496 e. The standard InChI is InChI=1S/C23H25N5O2S/c1-27(12-19-15-8-4-3-5-10-17(15)25-26-19)22(29)20-14-31-23-24-18(13-28(20)23)16-9-6-7-11-21(16)30-2/h6-7,9,11,13-14H,3-5,8,10,12H2,1-2H3,(H,25,26). The van der Waals surface area contributed by atoms with Gasteiger partial charge in [-0.1, -0.05) is 18.6 Å². The number of H-pyrrole nitrogens is 1. The smallest absolute Gasteiger partial charge is 0.271 e. The van der Waals surface area contributed by atoms with Crippen LogP contribution in [0.2, 0.25) is 0 Å². The predicted molar refractivity (Wildman–Crippen MR) is 121 cm³/mol. The molecule has 31 heavy (non-hydrogen) atoms. The van der Waals surface area contributed by atoms with Crippen LogP contribution in [-0.4, -0.2) is 44.5 Å². The maximum atomic E-state index is 13.3. The van der Waals surface area contributed by atoms with E-state index in [-0.39, 0.29) is 5.91 Å². The molecule has 0 radical (unpaired) electrons. The molecule has 0 unspecified atom stereocenters. The number of methoxy groups -OCH3 is 1. The molecule has 0 spiro atoms. The van der Waals surface area contributed by atoms with Crippen LogP contribution in [0.15, 0.2) is 35.8 Å². The highest BCUT2D eigenvalue weighted by atomic mass is 32.1. The number of benzene rings is 1. The lowest BCUT2D eigenvalue weighted by Crippen LogP contribution is -2.27. The van der Waals surface area contributed by atoms with Gasteiger partial charge in [0.15, 0.2) is 4.96 Å². The second-order valence-corrected chi connectivity index (χ2v) is 8.79. The molecule has 1 N–H and O–H groups in total. The number of carbonyl (C=O) groups is 1. The van der Waals surface area contributed by atoms with E-state index in [9.17, 15) is 4.79 Å². The molecule has 7 nitrogen and oxygen atoms in total. The number of amides is 1. The summed E-state index contributed by atoms with van der Waals surface area (Å²) < 4.78 is 7.34. The van der Waals surface area contributed by atoms with Gasteiger partial charge < -0.3 is 9.64 Å². The Hall–Kier alpha value is -3.13. The summed E-state index contributed by atoms with van der Waals surface area (Å²) in [6.07, 6.45) is 7.63. The Kier molecular flexibility index (Phi) is 5.23. The molecule has 5 rings (SSSR count). The van der Waals surface area contributed by atoms with Crippen LogP contribution >= 0.6 is 11.3 Å². The summed E-state index contributed by atoms with van der Waals surface area (Å²) >= 11 is 1.46. The molecular formula is C23H25N5O2S. The predicted octanol–water partition coefficient (Wildman–Crippen LogP) is 4.34. The van der Waals surface area contributed by atoms with E-state index in [0.29, 0.717) is 12.2 Å². The van der Waals surface area contributed by atoms with Crippen molar-refractivity contribution in [2.24, 2.45) is 0 Å². The SMILES string of the molecule is COc1ccccc1-c1cn2c(C(=O)N(C)Cc3n[nH]c4c3CCCCC4)csc2n1. The summed E-state index contributed by atoms with van der Waals surface area (Å²) in [6.45, 7) is 0.496. The van der Waals surface area contributed by atoms with Gasteiger partial charge in [0.25, 0.3) is 5.91 Å². The molecule has 1 aliphatic carbocycles. The topological polar surface area (TPSA) is 75.5 Å². The van der Waals surface area contributed by atoms with E-state index in [1.165, 1.54) is 41.9 Å². The van der Waals surface area contributed by atoms with E-state index in [1.807, 2.05) is 47.3 Å². The van der Waals surface area contributed by atoms with Gasteiger partial charge in [0.05, 0.1) is 25.0 Å². The third-order valence-electron chi connectivity index (χ3n) is 5.94. The fourth-order valence-corrected chi connectivity index (χ4v) is 5.12. The van der Waals surface area contributed by atoms with Gasteiger partial charge in [-0.2, -0.15) is 5.10 Å². The first-order chi connectivity index (χ1) is 15.2. The zero-order valence-electron chi connectivity index (χ0n) is 17.7. The van der Waals surface area contributed by atoms with E-state index in [1.54, 1.807) is 12.0 Å². The van der Waals surface area contributed by atoms with Gasteiger partial charge in [-0.25, -0.2) is 4.98 Å². The van der Waals surface area contributed by atoms with E-state index in [4.69, 9.17) is 9.72 Å². The quantitative estimate of drug-likeness (QED) is 0.473. The van der Waals surface area contributed by atoms with Crippen LogP contribution in [0.3, 0.4) is 0 Å². The Labute approximate surface area is 184 Å². The molecular weight excluding hydrogens is 410 g/mol. The number of aromatic nitrogens is 4. The van der Waals surface area contributed by atoms with Gasteiger partial charge in [0.2, 0.25) is 0 Å². The Balaban J connectivity index is 1.41. The van der Waals surface area contributed by atoms with E-state index >= 15 is 0 Å². The molecule has 0 fully saturated rings. The Morgan fingerprint density at radius 1 is 1.26 bits per heavy atom. The molecule has 1 aromatic carbocycles. The average Bonchev–Trinajstić information content (AvgIpc) is 3.43. The minimum atomic E-state index is -0.0411. The number of hydrogen-bond donors (Lipinski definition) is 1. The van der Waals surface area contributed by atoms with Crippen LogP contribution in [0.1, 0.15) is 46.7 Å². The van der Waals surface area contributed by atoms with E-state index in [0.717, 1.165) is 40.5 Å². The number of nitrogens with one attached hydrogen (secondary N) is 1. The number of rotatable bonds is 5. The number of nitrogens with zero attached hydrogens (tertiary/aromatic N) is 4. The Bertz CT molecular complexity index is 1240. The van der Waals surface area contributed by atoms with Crippen molar-refractivity contribution >= 4 is 22.2 Å². The van der Waals surface area contributed by atoms with Gasteiger partial charge in [-0.15, -0.1) is 11.3 Å². The van der Waals surface area contributed by atoms with Crippen LogP contribution in [0.5, 0.6) is 5.75 Å². The summed E-state index contributed by atoms with van der Waals surface area (Å²) in [7, 11) is 3.48. The summed E-state index contributed by atoms with van der Waals surface area (Å²) in [6, 6.07) is 7.77.